The smallest absolute Gasteiger partial charge is 0.342 e. The van der Waals surface area contributed by atoms with Crippen LogP contribution in [0, 0.1) is 0 Å². The number of guanidine groups is 1. The van der Waals surface area contributed by atoms with Gasteiger partial charge in [-0.25, -0.2) is 4.99 Å². The minimum Gasteiger partial charge on any atom is -0.342 e. The van der Waals surface area contributed by atoms with E-state index in [4.69, 9.17) is 0 Å². The Morgan fingerprint density at radius 2 is 2.33 bits per heavy atom. The van der Waals surface area contributed by atoms with E-state index in [0.717, 1.165) is 6.67 Å². The molecule has 0 atom stereocenters. The van der Waals surface area contributed by atoms with Gasteiger partial charge in [-0.3, -0.25) is 4.99 Å². The summed E-state index contributed by atoms with van der Waals surface area (Å²) in [5, 5.41) is 3.08. The van der Waals surface area contributed by atoms with E-state index in [2.05, 4.69) is 34.0 Å². The maximum Gasteiger partial charge on any atom is 1.00 e. The van der Waals surface area contributed by atoms with E-state index >= 15 is 0 Å². The van der Waals surface area contributed by atoms with Crippen molar-refractivity contribution in [1.82, 2.24) is 10.2 Å². The predicted molar refractivity (Wildman–Crippen MR) is 46.8 cm³/mol. The molecule has 1 N–H and O–H groups in total. The van der Waals surface area contributed by atoms with E-state index in [1.54, 1.807) is 7.05 Å². The van der Waals surface area contributed by atoms with Gasteiger partial charge in [-0.2, -0.15) is 0 Å². The third-order valence-electron chi connectivity index (χ3n) is 1.62. The molecule has 0 aromatic rings. The van der Waals surface area contributed by atoms with Crippen molar-refractivity contribution in [3.63, 3.8) is 0 Å². The van der Waals surface area contributed by atoms with Gasteiger partial charge in [0.05, 0.1) is 13.0 Å². The van der Waals surface area contributed by atoms with Crippen LogP contribution in [0.1, 0.15) is 13.8 Å². The zero-order chi connectivity index (χ0) is 8.27. The van der Waals surface area contributed by atoms with Gasteiger partial charge in [0.15, 0.2) is 0 Å². The summed E-state index contributed by atoms with van der Waals surface area (Å²) in [5.74, 6) is 0.710. The Bertz CT molecular complexity index is 188. The summed E-state index contributed by atoms with van der Waals surface area (Å²) < 4.78 is 0. The molecule has 1 rings (SSSR count). The third-order valence-corrected chi connectivity index (χ3v) is 1.62. The Morgan fingerprint density at radius 3 is 2.67 bits per heavy atom. The molecule has 62 valence electrons. The van der Waals surface area contributed by atoms with Crippen molar-refractivity contribution in [1.29, 1.82) is 0 Å². The van der Waals surface area contributed by atoms with Gasteiger partial charge in [0.25, 0.3) is 0 Å². The molecule has 1 heterocycles. The summed E-state index contributed by atoms with van der Waals surface area (Å²) in [5.41, 5.74) is 0. The average Bonchev–Trinajstić information content (AvgIpc) is 2.05. The zero-order valence-corrected chi connectivity index (χ0v) is 11.3. The Balaban J connectivity index is 0.00000121. The Kier molecular flexibility index (Phi) is 6.39. The molecule has 0 aromatic heterocycles. The summed E-state index contributed by atoms with van der Waals surface area (Å²) in [7, 11) is 1.73. The van der Waals surface area contributed by atoms with Crippen molar-refractivity contribution in [2.75, 3.05) is 13.7 Å². The van der Waals surface area contributed by atoms with Crippen LogP contribution in [0.15, 0.2) is 9.98 Å². The first-order valence-corrected chi connectivity index (χ1v) is 3.74. The zero-order valence-electron chi connectivity index (χ0n) is 8.20. The number of rotatable bonds is 1. The maximum absolute atomic E-state index is 4.09. The van der Waals surface area contributed by atoms with Crippen LogP contribution in [0.4, 0.5) is 0 Å². The molecule has 1 aliphatic heterocycles. The van der Waals surface area contributed by atoms with Crippen LogP contribution in [0.2, 0.25) is 0 Å². The SMILES string of the molecule is CN=C1N=CN(C(C)C)CN1.[K+]. The molecule has 0 fully saturated rings. The molecule has 0 saturated heterocycles. The molecule has 0 saturated carbocycles. The van der Waals surface area contributed by atoms with Crippen LogP contribution in [-0.4, -0.2) is 37.0 Å². The minimum absolute atomic E-state index is 0. The average molecular weight is 193 g/mol. The van der Waals surface area contributed by atoms with Gasteiger partial charge >= 0.3 is 51.4 Å². The van der Waals surface area contributed by atoms with Gasteiger partial charge in [-0.15, -0.1) is 0 Å². The molecule has 4 nitrogen and oxygen atoms in total. The van der Waals surface area contributed by atoms with Crippen molar-refractivity contribution >= 4 is 12.3 Å². The van der Waals surface area contributed by atoms with Crippen LogP contribution in [-0.2, 0) is 0 Å². The first-order chi connectivity index (χ1) is 5.24. The fourth-order valence-corrected chi connectivity index (χ4v) is 0.830. The second-order valence-electron chi connectivity index (χ2n) is 2.73. The molecule has 0 aromatic carbocycles. The molecule has 0 bridgehead atoms. The van der Waals surface area contributed by atoms with Gasteiger partial charge in [0.1, 0.15) is 0 Å². The van der Waals surface area contributed by atoms with Crippen LogP contribution in [0.5, 0.6) is 0 Å². The molecule has 0 unspecified atom stereocenters. The molecular weight excluding hydrogens is 179 g/mol. The van der Waals surface area contributed by atoms with Crippen molar-refractivity contribution in [3.8, 4) is 0 Å². The molecule has 0 aliphatic carbocycles. The first-order valence-electron chi connectivity index (χ1n) is 3.74. The van der Waals surface area contributed by atoms with E-state index in [0.29, 0.717) is 12.0 Å². The normalized spacial score (nSPS) is 19.3. The number of nitrogens with one attached hydrogen (secondary N) is 1. The summed E-state index contributed by atoms with van der Waals surface area (Å²) in [6, 6.07) is 0.490. The van der Waals surface area contributed by atoms with Crippen molar-refractivity contribution in [3.05, 3.63) is 0 Å². The Morgan fingerprint density at radius 1 is 1.67 bits per heavy atom. The van der Waals surface area contributed by atoms with Gasteiger partial charge in [0, 0.05) is 13.1 Å². The summed E-state index contributed by atoms with van der Waals surface area (Å²) in [6.07, 6.45) is 1.82. The second-order valence-corrected chi connectivity index (χ2v) is 2.73. The van der Waals surface area contributed by atoms with Crippen LogP contribution >= 0.6 is 0 Å². The number of aliphatic imine (C=N–C) groups is 2. The number of hydrogen-bond donors (Lipinski definition) is 1. The van der Waals surface area contributed by atoms with E-state index < -0.39 is 0 Å². The largest absolute Gasteiger partial charge is 1.00 e. The van der Waals surface area contributed by atoms with Crippen molar-refractivity contribution in [2.45, 2.75) is 19.9 Å². The molecule has 0 radical (unpaired) electrons. The Labute approximate surface area is 116 Å². The number of nitrogens with zero attached hydrogens (tertiary/aromatic N) is 3. The van der Waals surface area contributed by atoms with Crippen LogP contribution in [0.3, 0.4) is 0 Å². The predicted octanol–water partition coefficient (Wildman–Crippen LogP) is -2.72. The summed E-state index contributed by atoms with van der Waals surface area (Å²) in [6.45, 7) is 5.05. The van der Waals surface area contributed by atoms with E-state index in [1.165, 1.54) is 0 Å². The first kappa shape index (κ1) is 12.6. The maximum atomic E-state index is 4.09. The molecule has 0 amide bonds. The monoisotopic (exact) mass is 193 g/mol. The van der Waals surface area contributed by atoms with Gasteiger partial charge in [-0.05, 0) is 13.8 Å². The summed E-state index contributed by atoms with van der Waals surface area (Å²) >= 11 is 0. The quantitative estimate of drug-likeness (QED) is 0.460. The van der Waals surface area contributed by atoms with Crippen molar-refractivity contribution in [2.24, 2.45) is 9.98 Å². The molecule has 1 aliphatic rings. The van der Waals surface area contributed by atoms with E-state index in [-0.39, 0.29) is 51.4 Å². The topological polar surface area (TPSA) is 40.0 Å². The third kappa shape index (κ3) is 3.53. The fourth-order valence-electron chi connectivity index (χ4n) is 0.830. The second kappa shape index (κ2) is 6.09. The molecule has 12 heavy (non-hydrogen) atoms. The summed E-state index contributed by atoms with van der Waals surface area (Å²) in [4.78, 5) is 10.1. The standard InChI is InChI=1S/C7H14N4.K/c1-6(2)11-4-9-7(8-3)10-5-11;/h4,6H,5H2,1-3H3,(H,8,10);/q;+1. The Hall–Kier alpha value is 0.576. The molecule has 5 heteroatoms. The van der Waals surface area contributed by atoms with Gasteiger partial charge in [-0.1, -0.05) is 0 Å². The van der Waals surface area contributed by atoms with Crippen LogP contribution in [0.25, 0.3) is 0 Å². The van der Waals surface area contributed by atoms with Crippen molar-refractivity contribution < 1.29 is 51.4 Å². The van der Waals surface area contributed by atoms with Gasteiger partial charge in [0.2, 0.25) is 5.96 Å². The number of hydrogen-bond acceptors (Lipinski definition) is 2. The molecular formula is C7H14KN4+. The van der Waals surface area contributed by atoms with Crippen LogP contribution < -0.4 is 56.7 Å². The van der Waals surface area contributed by atoms with Gasteiger partial charge < -0.3 is 10.2 Å². The van der Waals surface area contributed by atoms with E-state index in [9.17, 15) is 0 Å². The minimum atomic E-state index is 0. The van der Waals surface area contributed by atoms with E-state index in [1.807, 2.05) is 6.34 Å². The molecule has 0 spiro atoms. The fraction of sp³-hybridized carbons (Fsp3) is 0.714.